The molecule has 2 spiro atoms. The summed E-state index contributed by atoms with van der Waals surface area (Å²) in [4.78, 5) is 12.8. The largest absolute Gasteiger partial charge is 0.398 e. The highest BCUT2D eigenvalue weighted by Crippen LogP contribution is 2.65. The van der Waals surface area contributed by atoms with Gasteiger partial charge in [-0.2, -0.15) is 0 Å². The van der Waals surface area contributed by atoms with Crippen LogP contribution in [0.25, 0.3) is 28.0 Å². The Balaban J connectivity index is 0.965. The average molecular weight is 797 g/mol. The molecule has 3 aliphatic rings. The van der Waals surface area contributed by atoms with Crippen LogP contribution in [0.4, 0.5) is 17.1 Å². The van der Waals surface area contributed by atoms with E-state index in [0.717, 1.165) is 45.6 Å². The molecule has 1 unspecified atom stereocenters. The van der Waals surface area contributed by atoms with E-state index in [1.54, 1.807) is 0 Å². The van der Waals surface area contributed by atoms with Gasteiger partial charge in [0.15, 0.2) is 0 Å². The summed E-state index contributed by atoms with van der Waals surface area (Å²) >= 11 is 0. The number of hydrogen-bond donors (Lipinski definition) is 1. The zero-order chi connectivity index (χ0) is 41.5. The van der Waals surface area contributed by atoms with Gasteiger partial charge >= 0.3 is 0 Å². The zero-order valence-electron chi connectivity index (χ0n) is 34.3. The van der Waals surface area contributed by atoms with Crippen molar-refractivity contribution in [3.63, 3.8) is 0 Å². The molecule has 296 valence electrons. The van der Waals surface area contributed by atoms with Crippen molar-refractivity contribution < 1.29 is 0 Å². The Bertz CT molecular complexity index is 3010. The van der Waals surface area contributed by atoms with Crippen LogP contribution in [0.1, 0.15) is 38.9 Å². The Hall–Kier alpha value is -7.82. The molecule has 8 aromatic carbocycles. The standard InChI is InChI=1S/C58H44N4/c59-53(38-54(44-18-6-2-7-19-44)60-40-41-16-4-1-5-17-41)43-30-28-42(29-31-43)45-20-14-21-46(36-45)47-32-33-48-39-57(34-15-35-61-57)58(52(48)37-47)50-24-10-12-26-55(50)62(49-22-8-3-9-23-49)56-27-13-11-25-51(56)58/h1-38H,39-40,59H2/b53-38-,60-54+. The first-order valence-electron chi connectivity index (χ1n) is 21.3. The Morgan fingerprint density at radius 2 is 1.16 bits per heavy atom. The fourth-order valence-electron chi connectivity index (χ4n) is 10.1. The van der Waals surface area contributed by atoms with Crippen LogP contribution in [0.15, 0.2) is 234 Å². The summed E-state index contributed by atoms with van der Waals surface area (Å²) in [5, 5.41) is 0. The van der Waals surface area contributed by atoms with E-state index in [1.165, 1.54) is 44.8 Å². The highest BCUT2D eigenvalue weighted by atomic mass is 15.2. The molecular weight excluding hydrogens is 753 g/mol. The third kappa shape index (κ3) is 6.14. The monoisotopic (exact) mass is 796 g/mol. The maximum absolute atomic E-state index is 6.80. The van der Waals surface area contributed by atoms with Crippen molar-refractivity contribution in [1.29, 1.82) is 0 Å². The minimum atomic E-state index is -0.548. The van der Waals surface area contributed by atoms with Gasteiger partial charge in [-0.15, -0.1) is 0 Å². The van der Waals surface area contributed by atoms with Crippen molar-refractivity contribution in [2.75, 3.05) is 4.90 Å². The van der Waals surface area contributed by atoms with Gasteiger partial charge in [0.25, 0.3) is 0 Å². The van der Waals surface area contributed by atoms with E-state index < -0.39 is 11.0 Å². The van der Waals surface area contributed by atoms with Crippen LogP contribution in [-0.2, 0) is 18.4 Å². The van der Waals surface area contributed by atoms with Crippen molar-refractivity contribution in [1.82, 2.24) is 0 Å². The van der Waals surface area contributed by atoms with Crippen LogP contribution >= 0.6 is 0 Å². The molecule has 0 saturated carbocycles. The number of nitrogens with zero attached hydrogens (tertiary/aromatic N) is 3. The molecule has 0 saturated heterocycles. The molecule has 4 heteroatoms. The van der Waals surface area contributed by atoms with E-state index in [-0.39, 0.29) is 0 Å². The van der Waals surface area contributed by atoms with Gasteiger partial charge in [0.2, 0.25) is 0 Å². The highest BCUT2D eigenvalue weighted by molar-refractivity contribution is 6.12. The maximum Gasteiger partial charge on any atom is 0.101 e. The lowest BCUT2D eigenvalue weighted by atomic mass is 9.59. The number of nitrogens with two attached hydrogens (primary N) is 1. The van der Waals surface area contributed by atoms with E-state index in [2.05, 4.69) is 187 Å². The Labute approximate surface area is 363 Å². The summed E-state index contributed by atoms with van der Waals surface area (Å²) in [6.45, 7) is 0.578. The molecule has 2 heterocycles. The number of hydrogen-bond acceptors (Lipinski definition) is 4. The van der Waals surface area contributed by atoms with Crippen molar-refractivity contribution in [3.8, 4) is 22.3 Å². The van der Waals surface area contributed by atoms with Gasteiger partial charge in [-0.05, 0) is 110 Å². The summed E-state index contributed by atoms with van der Waals surface area (Å²) in [5.41, 5.74) is 23.7. The summed E-state index contributed by atoms with van der Waals surface area (Å²) in [7, 11) is 0. The lowest BCUT2D eigenvalue weighted by molar-refractivity contribution is 0.412. The van der Waals surface area contributed by atoms with E-state index in [0.29, 0.717) is 12.2 Å². The molecule has 2 N–H and O–H groups in total. The van der Waals surface area contributed by atoms with Crippen molar-refractivity contribution in [3.05, 3.63) is 263 Å². The second-order valence-electron chi connectivity index (χ2n) is 16.4. The first-order chi connectivity index (χ1) is 30.6. The number of fused-ring (bicyclic) bond motifs is 7. The topological polar surface area (TPSA) is 54.0 Å². The summed E-state index contributed by atoms with van der Waals surface area (Å²) in [5.74, 6) is 0. The molecule has 1 aliphatic carbocycles. The van der Waals surface area contributed by atoms with Gasteiger partial charge in [-0.25, -0.2) is 0 Å². The fraction of sp³-hybridized carbons (Fsp3) is 0.0690. The lowest BCUT2D eigenvalue weighted by Gasteiger charge is -2.50. The van der Waals surface area contributed by atoms with Gasteiger partial charge < -0.3 is 10.6 Å². The lowest BCUT2D eigenvalue weighted by Crippen LogP contribution is -2.50. The molecule has 4 nitrogen and oxygen atoms in total. The minimum absolute atomic E-state index is 0.502. The second kappa shape index (κ2) is 15.3. The van der Waals surface area contributed by atoms with E-state index in [1.807, 2.05) is 48.7 Å². The number of anilines is 3. The van der Waals surface area contributed by atoms with Gasteiger partial charge in [0, 0.05) is 24.0 Å². The summed E-state index contributed by atoms with van der Waals surface area (Å²) in [6.07, 6.45) is 9.31. The predicted octanol–water partition coefficient (Wildman–Crippen LogP) is 13.1. The second-order valence-corrected chi connectivity index (χ2v) is 16.4. The smallest absolute Gasteiger partial charge is 0.101 e. The SMILES string of the molecule is N/C(=C\C(=N/Cc1ccccc1)c1ccccc1)c1ccc(-c2cccc(-c3ccc4c(c3)C3(c5ccccc5N(c5ccccc5)c5ccccc53)C3(C=CC=N3)C4)c2)cc1. The van der Waals surface area contributed by atoms with Crippen LogP contribution in [0, 0.1) is 0 Å². The molecule has 62 heavy (non-hydrogen) atoms. The van der Waals surface area contributed by atoms with E-state index in [4.69, 9.17) is 15.7 Å². The molecule has 0 bridgehead atoms. The molecular formula is C58H44N4. The van der Waals surface area contributed by atoms with Crippen molar-refractivity contribution in [2.24, 2.45) is 15.7 Å². The molecule has 11 rings (SSSR count). The predicted molar refractivity (Wildman–Crippen MR) is 258 cm³/mol. The highest BCUT2D eigenvalue weighted by Gasteiger charge is 2.62. The first-order valence-corrected chi connectivity index (χ1v) is 21.3. The molecule has 0 radical (unpaired) electrons. The van der Waals surface area contributed by atoms with Crippen molar-refractivity contribution >= 4 is 34.7 Å². The van der Waals surface area contributed by atoms with Gasteiger partial charge in [-0.1, -0.05) is 176 Å². The van der Waals surface area contributed by atoms with Crippen LogP contribution in [-0.4, -0.2) is 17.5 Å². The van der Waals surface area contributed by atoms with Crippen LogP contribution in [0.3, 0.4) is 0 Å². The van der Waals surface area contributed by atoms with Crippen molar-refractivity contribution in [2.45, 2.75) is 23.9 Å². The number of rotatable bonds is 8. The Morgan fingerprint density at radius 3 is 1.84 bits per heavy atom. The van der Waals surface area contributed by atoms with Crippen LogP contribution in [0.5, 0.6) is 0 Å². The molecule has 8 aromatic rings. The normalized spacial score (nSPS) is 17.0. The summed E-state index contributed by atoms with van der Waals surface area (Å²) in [6, 6.07) is 73.7. The number of allylic oxidation sites excluding steroid dienone is 2. The molecule has 1 atom stereocenters. The van der Waals surface area contributed by atoms with Crippen LogP contribution < -0.4 is 10.6 Å². The minimum Gasteiger partial charge on any atom is -0.398 e. The number of aliphatic imine (C=N–C) groups is 2. The first kappa shape index (κ1) is 37.2. The zero-order valence-corrected chi connectivity index (χ0v) is 34.3. The van der Waals surface area contributed by atoms with E-state index >= 15 is 0 Å². The molecule has 0 aromatic heterocycles. The fourth-order valence-corrected chi connectivity index (χ4v) is 10.1. The number of benzene rings is 8. The Kier molecular flexibility index (Phi) is 9.20. The summed E-state index contributed by atoms with van der Waals surface area (Å²) < 4.78 is 0. The average Bonchev–Trinajstić information content (AvgIpc) is 3.93. The third-order valence-electron chi connectivity index (χ3n) is 12.9. The quantitative estimate of drug-likeness (QED) is 0.156. The maximum atomic E-state index is 6.80. The Morgan fingerprint density at radius 1 is 0.565 bits per heavy atom. The third-order valence-corrected chi connectivity index (χ3v) is 12.9. The molecule has 0 fully saturated rings. The van der Waals surface area contributed by atoms with Crippen LogP contribution in [0.2, 0.25) is 0 Å². The van der Waals surface area contributed by atoms with E-state index in [9.17, 15) is 0 Å². The van der Waals surface area contributed by atoms with Gasteiger partial charge in [-0.3, -0.25) is 9.98 Å². The number of para-hydroxylation sites is 3. The molecule has 0 amide bonds. The van der Waals surface area contributed by atoms with Gasteiger partial charge in [0.05, 0.1) is 29.0 Å². The molecule has 2 aliphatic heterocycles. The van der Waals surface area contributed by atoms with Gasteiger partial charge in [0.1, 0.15) is 5.54 Å².